The van der Waals surface area contributed by atoms with E-state index >= 15 is 0 Å². The third-order valence-corrected chi connectivity index (χ3v) is 3.93. The zero-order chi connectivity index (χ0) is 16.9. The molecule has 0 unspecified atom stereocenters. The van der Waals surface area contributed by atoms with Crippen LogP contribution in [0.4, 0.5) is 0 Å². The molecule has 3 aromatic rings. The number of nitrogens with one attached hydrogen (secondary N) is 1. The lowest BCUT2D eigenvalue weighted by Gasteiger charge is -2.10. The standard InChI is InChI=1S/C17H17N3O3S/c1-11(2)18-15(21)10-22-13-6-3-5-12(9-13)16-19-17(23-20-16)14-7-4-8-24-14/h3-9,11H,10H2,1-2H3,(H,18,21). The van der Waals surface area contributed by atoms with E-state index in [1.54, 1.807) is 12.1 Å². The van der Waals surface area contributed by atoms with Gasteiger partial charge in [-0.2, -0.15) is 4.98 Å². The molecule has 0 fully saturated rings. The van der Waals surface area contributed by atoms with Crippen molar-refractivity contribution in [1.82, 2.24) is 15.5 Å². The highest BCUT2D eigenvalue weighted by Crippen LogP contribution is 2.27. The molecule has 7 heteroatoms. The topological polar surface area (TPSA) is 77.2 Å². The van der Waals surface area contributed by atoms with E-state index < -0.39 is 0 Å². The Kier molecular flexibility index (Phi) is 4.90. The molecule has 0 saturated heterocycles. The van der Waals surface area contributed by atoms with Crippen molar-refractivity contribution in [3.63, 3.8) is 0 Å². The molecule has 1 aromatic carbocycles. The molecule has 1 N–H and O–H groups in total. The van der Waals surface area contributed by atoms with E-state index in [9.17, 15) is 4.79 Å². The van der Waals surface area contributed by atoms with Crippen LogP contribution in [0, 0.1) is 0 Å². The maximum absolute atomic E-state index is 11.6. The van der Waals surface area contributed by atoms with Crippen LogP contribution in [-0.4, -0.2) is 28.7 Å². The highest BCUT2D eigenvalue weighted by Gasteiger charge is 2.12. The van der Waals surface area contributed by atoms with Crippen LogP contribution in [0.2, 0.25) is 0 Å². The van der Waals surface area contributed by atoms with E-state index in [1.807, 2.05) is 43.5 Å². The molecular weight excluding hydrogens is 326 g/mol. The average Bonchev–Trinajstić information content (AvgIpc) is 3.23. The molecule has 0 bridgehead atoms. The minimum Gasteiger partial charge on any atom is -0.484 e. The lowest BCUT2D eigenvalue weighted by atomic mass is 10.2. The van der Waals surface area contributed by atoms with Gasteiger partial charge in [0.15, 0.2) is 6.61 Å². The van der Waals surface area contributed by atoms with E-state index in [0.717, 1.165) is 10.4 Å². The van der Waals surface area contributed by atoms with Gasteiger partial charge in [0.25, 0.3) is 11.8 Å². The maximum Gasteiger partial charge on any atom is 0.268 e. The molecule has 0 radical (unpaired) electrons. The number of carbonyl (C=O) groups excluding carboxylic acids is 1. The molecule has 0 spiro atoms. The van der Waals surface area contributed by atoms with Crippen molar-refractivity contribution in [3.05, 3.63) is 41.8 Å². The first-order valence-electron chi connectivity index (χ1n) is 7.52. The predicted molar refractivity (Wildman–Crippen MR) is 91.8 cm³/mol. The molecule has 0 aliphatic carbocycles. The molecule has 0 aliphatic rings. The van der Waals surface area contributed by atoms with Crippen molar-refractivity contribution < 1.29 is 14.1 Å². The van der Waals surface area contributed by atoms with Crippen molar-refractivity contribution in [3.8, 4) is 27.9 Å². The Morgan fingerprint density at radius 1 is 1.33 bits per heavy atom. The van der Waals surface area contributed by atoms with Gasteiger partial charge in [0.1, 0.15) is 5.75 Å². The van der Waals surface area contributed by atoms with Crippen molar-refractivity contribution >= 4 is 17.2 Å². The Hall–Kier alpha value is -2.67. The molecule has 1 amide bonds. The molecule has 0 aliphatic heterocycles. The van der Waals surface area contributed by atoms with Crippen LogP contribution in [0.5, 0.6) is 5.75 Å². The van der Waals surface area contributed by atoms with Gasteiger partial charge in [-0.25, -0.2) is 0 Å². The number of thiophene rings is 1. The Balaban J connectivity index is 1.70. The molecule has 0 atom stereocenters. The molecule has 2 heterocycles. The number of rotatable bonds is 6. The fourth-order valence-electron chi connectivity index (χ4n) is 2.08. The van der Waals surface area contributed by atoms with Gasteiger partial charge >= 0.3 is 0 Å². The predicted octanol–water partition coefficient (Wildman–Crippen LogP) is 3.37. The van der Waals surface area contributed by atoms with E-state index in [0.29, 0.717) is 17.5 Å². The Bertz CT molecular complexity index is 812. The van der Waals surface area contributed by atoms with Gasteiger partial charge in [-0.1, -0.05) is 23.4 Å². The lowest BCUT2D eigenvalue weighted by molar-refractivity contribution is -0.123. The summed E-state index contributed by atoms with van der Waals surface area (Å²) in [5.41, 5.74) is 0.767. The first-order chi connectivity index (χ1) is 11.6. The largest absolute Gasteiger partial charge is 0.484 e. The number of carbonyl (C=O) groups is 1. The fraction of sp³-hybridized carbons (Fsp3) is 0.235. The Labute approximate surface area is 143 Å². The normalized spacial score (nSPS) is 10.8. The summed E-state index contributed by atoms with van der Waals surface area (Å²) in [5.74, 6) is 1.39. The lowest BCUT2D eigenvalue weighted by Crippen LogP contribution is -2.34. The van der Waals surface area contributed by atoms with Gasteiger partial charge in [-0.05, 0) is 37.4 Å². The number of nitrogens with zero attached hydrogens (tertiary/aromatic N) is 2. The third kappa shape index (κ3) is 3.99. The summed E-state index contributed by atoms with van der Waals surface area (Å²) in [5, 5.41) is 8.73. The fourth-order valence-corrected chi connectivity index (χ4v) is 2.72. The molecule has 24 heavy (non-hydrogen) atoms. The van der Waals surface area contributed by atoms with Crippen molar-refractivity contribution in [2.24, 2.45) is 0 Å². The number of ether oxygens (including phenoxy) is 1. The van der Waals surface area contributed by atoms with Gasteiger partial charge in [0, 0.05) is 11.6 Å². The quantitative estimate of drug-likeness (QED) is 0.742. The van der Waals surface area contributed by atoms with Crippen molar-refractivity contribution in [2.75, 3.05) is 6.61 Å². The Morgan fingerprint density at radius 2 is 2.21 bits per heavy atom. The minimum atomic E-state index is -0.157. The second kappa shape index (κ2) is 7.27. The van der Waals surface area contributed by atoms with Crippen LogP contribution in [0.25, 0.3) is 22.2 Å². The van der Waals surface area contributed by atoms with Crippen LogP contribution >= 0.6 is 11.3 Å². The molecule has 124 valence electrons. The molecular formula is C17H17N3O3S. The van der Waals surface area contributed by atoms with Gasteiger partial charge in [0.2, 0.25) is 5.82 Å². The first-order valence-corrected chi connectivity index (χ1v) is 8.40. The van der Waals surface area contributed by atoms with Gasteiger partial charge in [-0.15, -0.1) is 11.3 Å². The summed E-state index contributed by atoms with van der Waals surface area (Å²) in [6, 6.07) is 11.2. The summed E-state index contributed by atoms with van der Waals surface area (Å²) in [7, 11) is 0. The molecule has 0 saturated carbocycles. The number of aromatic nitrogens is 2. The first kappa shape index (κ1) is 16.2. The number of hydrogen-bond donors (Lipinski definition) is 1. The Morgan fingerprint density at radius 3 is 2.96 bits per heavy atom. The van der Waals surface area contributed by atoms with Gasteiger partial charge in [-0.3, -0.25) is 4.79 Å². The second-order valence-corrected chi connectivity index (χ2v) is 6.39. The second-order valence-electron chi connectivity index (χ2n) is 5.44. The summed E-state index contributed by atoms with van der Waals surface area (Å²) in [6.45, 7) is 3.77. The average molecular weight is 343 g/mol. The van der Waals surface area contributed by atoms with E-state index in [2.05, 4.69) is 15.5 Å². The highest BCUT2D eigenvalue weighted by atomic mass is 32.1. The van der Waals surface area contributed by atoms with Crippen LogP contribution in [0.3, 0.4) is 0 Å². The van der Waals surface area contributed by atoms with E-state index in [1.165, 1.54) is 11.3 Å². The summed E-state index contributed by atoms with van der Waals surface area (Å²) in [6.07, 6.45) is 0. The van der Waals surface area contributed by atoms with E-state index in [-0.39, 0.29) is 18.6 Å². The van der Waals surface area contributed by atoms with Crippen molar-refractivity contribution in [2.45, 2.75) is 19.9 Å². The smallest absolute Gasteiger partial charge is 0.268 e. The number of hydrogen-bond acceptors (Lipinski definition) is 6. The molecule has 6 nitrogen and oxygen atoms in total. The number of amides is 1. The van der Waals surface area contributed by atoms with Gasteiger partial charge in [0.05, 0.1) is 4.88 Å². The maximum atomic E-state index is 11.6. The van der Waals surface area contributed by atoms with E-state index in [4.69, 9.17) is 9.26 Å². The summed E-state index contributed by atoms with van der Waals surface area (Å²) >= 11 is 1.54. The van der Waals surface area contributed by atoms with Crippen LogP contribution in [0.1, 0.15) is 13.8 Å². The summed E-state index contributed by atoms with van der Waals surface area (Å²) in [4.78, 5) is 17.0. The zero-order valence-corrected chi connectivity index (χ0v) is 14.2. The van der Waals surface area contributed by atoms with Crippen LogP contribution < -0.4 is 10.1 Å². The monoisotopic (exact) mass is 343 g/mol. The van der Waals surface area contributed by atoms with Crippen LogP contribution in [-0.2, 0) is 4.79 Å². The summed E-state index contributed by atoms with van der Waals surface area (Å²) < 4.78 is 10.8. The van der Waals surface area contributed by atoms with Crippen molar-refractivity contribution in [1.29, 1.82) is 0 Å². The minimum absolute atomic E-state index is 0.0334. The number of benzene rings is 1. The molecule has 2 aromatic heterocycles. The highest BCUT2D eigenvalue weighted by molar-refractivity contribution is 7.13. The SMILES string of the molecule is CC(C)NC(=O)COc1cccc(-c2noc(-c3cccs3)n2)c1. The van der Waals surface area contributed by atoms with Gasteiger partial charge < -0.3 is 14.6 Å². The van der Waals surface area contributed by atoms with Crippen LogP contribution in [0.15, 0.2) is 46.3 Å². The molecule has 3 rings (SSSR count). The third-order valence-electron chi connectivity index (χ3n) is 3.07. The zero-order valence-electron chi connectivity index (χ0n) is 13.4.